The van der Waals surface area contributed by atoms with E-state index in [9.17, 15) is 20.0 Å². The number of phenols is 1. The van der Waals surface area contributed by atoms with Crippen molar-refractivity contribution in [3.05, 3.63) is 76.9 Å². The fraction of sp³-hybridized carbons (Fsp3) is 0.240. The lowest BCUT2D eigenvalue weighted by atomic mass is 9.76. The number of para-hydroxylation sites is 1. The van der Waals surface area contributed by atoms with Gasteiger partial charge in [0, 0.05) is 28.1 Å². The molecule has 4 atom stereocenters. The summed E-state index contributed by atoms with van der Waals surface area (Å²) in [6, 6.07) is 11.5. The molecule has 0 amide bonds. The number of aromatic hydroxyl groups is 1. The lowest BCUT2D eigenvalue weighted by Crippen LogP contribution is -2.34. The number of allylic oxidation sites excluding steroid dienone is 2. The molecule has 0 spiro atoms. The van der Waals surface area contributed by atoms with Crippen molar-refractivity contribution in [2.75, 3.05) is 0 Å². The Labute approximate surface area is 194 Å². The fourth-order valence-electron chi connectivity index (χ4n) is 4.13. The summed E-state index contributed by atoms with van der Waals surface area (Å²) in [7, 11) is 0. The summed E-state index contributed by atoms with van der Waals surface area (Å²) in [6.45, 7) is 4.10. The SMILES string of the molecule is CC1C(/C=C/C(=O)O)C=CC(Oc2c(-c3ccccc3[N+](=O)[O-])sc3cc(O)ccc23)C1C. The van der Waals surface area contributed by atoms with E-state index in [2.05, 4.69) is 0 Å². The lowest BCUT2D eigenvalue weighted by molar-refractivity contribution is -0.384. The van der Waals surface area contributed by atoms with E-state index in [1.807, 2.05) is 26.0 Å². The average molecular weight is 466 g/mol. The highest BCUT2D eigenvalue weighted by Crippen LogP contribution is 2.49. The Hall–Kier alpha value is -3.65. The van der Waals surface area contributed by atoms with Crippen LogP contribution in [0.2, 0.25) is 0 Å². The van der Waals surface area contributed by atoms with Gasteiger partial charge < -0.3 is 14.9 Å². The van der Waals surface area contributed by atoms with Crippen LogP contribution in [0.4, 0.5) is 5.69 Å². The van der Waals surface area contributed by atoms with Crippen LogP contribution in [-0.4, -0.2) is 27.2 Å². The third-order valence-electron chi connectivity index (χ3n) is 6.17. The molecule has 33 heavy (non-hydrogen) atoms. The minimum atomic E-state index is -0.983. The van der Waals surface area contributed by atoms with Crippen molar-refractivity contribution in [1.29, 1.82) is 0 Å². The van der Waals surface area contributed by atoms with Gasteiger partial charge in [0.15, 0.2) is 0 Å². The van der Waals surface area contributed by atoms with Crippen molar-refractivity contribution in [3.8, 4) is 21.9 Å². The van der Waals surface area contributed by atoms with Gasteiger partial charge in [-0.05, 0) is 42.2 Å². The molecule has 7 nitrogen and oxygen atoms in total. The summed E-state index contributed by atoms with van der Waals surface area (Å²) in [6.07, 6.45) is 6.40. The zero-order valence-corrected chi connectivity index (χ0v) is 18.9. The normalized spacial score (nSPS) is 22.6. The number of fused-ring (bicyclic) bond motifs is 1. The number of nitro benzene ring substituents is 1. The average Bonchev–Trinajstić information content (AvgIpc) is 3.13. The molecule has 0 fully saturated rings. The number of hydrogen-bond acceptors (Lipinski definition) is 6. The van der Waals surface area contributed by atoms with E-state index < -0.39 is 10.9 Å². The minimum Gasteiger partial charge on any atom is -0.508 e. The lowest BCUT2D eigenvalue weighted by Gasteiger charge is -2.34. The first-order valence-electron chi connectivity index (χ1n) is 10.5. The number of ether oxygens (including phenoxy) is 1. The van der Waals surface area contributed by atoms with Gasteiger partial charge in [0.2, 0.25) is 0 Å². The molecule has 0 bridgehead atoms. The summed E-state index contributed by atoms with van der Waals surface area (Å²) < 4.78 is 7.27. The molecule has 1 aromatic heterocycles. The van der Waals surface area contributed by atoms with Crippen LogP contribution in [0.15, 0.2) is 66.8 Å². The zero-order valence-electron chi connectivity index (χ0n) is 18.0. The quantitative estimate of drug-likeness (QED) is 0.199. The predicted molar refractivity (Wildman–Crippen MR) is 128 cm³/mol. The van der Waals surface area contributed by atoms with Crippen LogP contribution in [0, 0.1) is 27.9 Å². The Morgan fingerprint density at radius 2 is 1.91 bits per heavy atom. The number of phenolic OH excluding ortho intramolecular Hbond substituents is 1. The van der Waals surface area contributed by atoms with Gasteiger partial charge in [0.25, 0.3) is 5.69 Å². The Balaban J connectivity index is 1.78. The molecule has 4 rings (SSSR count). The van der Waals surface area contributed by atoms with E-state index in [0.29, 0.717) is 16.2 Å². The van der Waals surface area contributed by atoms with Gasteiger partial charge in [0.05, 0.1) is 15.4 Å². The molecule has 1 aliphatic rings. The van der Waals surface area contributed by atoms with Gasteiger partial charge in [-0.15, -0.1) is 11.3 Å². The molecule has 2 aromatic carbocycles. The molecule has 0 radical (unpaired) electrons. The first-order valence-corrected chi connectivity index (χ1v) is 11.3. The number of thiophene rings is 1. The number of rotatable bonds is 6. The van der Waals surface area contributed by atoms with Crippen molar-refractivity contribution in [2.45, 2.75) is 20.0 Å². The van der Waals surface area contributed by atoms with Crippen LogP contribution >= 0.6 is 11.3 Å². The second-order valence-electron chi connectivity index (χ2n) is 8.18. The molecule has 8 heteroatoms. The summed E-state index contributed by atoms with van der Waals surface area (Å²) in [5.74, 6) is -0.178. The zero-order chi connectivity index (χ0) is 23.7. The number of carbonyl (C=O) groups is 1. The van der Waals surface area contributed by atoms with Gasteiger partial charge in [-0.2, -0.15) is 0 Å². The summed E-state index contributed by atoms with van der Waals surface area (Å²) in [4.78, 5) is 22.8. The largest absolute Gasteiger partial charge is 0.508 e. The second-order valence-corrected chi connectivity index (χ2v) is 9.23. The standard InChI is InChI=1S/C25H23NO6S/c1-14-15(2)21(11-7-16(14)8-12-23(28)29)32-24-19-10-9-17(27)13-22(19)33-25(24)18-5-3-4-6-20(18)26(30)31/h3-16,21,27H,1-2H3,(H,28,29)/b12-8+. The number of carboxylic acid groups (broad SMARTS) is 1. The van der Waals surface area contributed by atoms with E-state index in [-0.39, 0.29) is 35.3 Å². The fourth-order valence-corrected chi connectivity index (χ4v) is 5.34. The van der Waals surface area contributed by atoms with Crippen LogP contribution in [0.1, 0.15) is 13.8 Å². The maximum atomic E-state index is 11.7. The molecular weight excluding hydrogens is 442 g/mol. The van der Waals surface area contributed by atoms with Gasteiger partial charge in [-0.3, -0.25) is 10.1 Å². The number of hydrogen-bond donors (Lipinski definition) is 2. The topological polar surface area (TPSA) is 110 Å². The van der Waals surface area contributed by atoms with Crippen LogP contribution in [0.25, 0.3) is 20.5 Å². The highest BCUT2D eigenvalue weighted by molar-refractivity contribution is 7.22. The minimum absolute atomic E-state index is 0.0161. The van der Waals surface area contributed by atoms with Gasteiger partial charge in [0.1, 0.15) is 17.6 Å². The number of carboxylic acids is 1. The highest BCUT2D eigenvalue weighted by atomic mass is 32.1. The molecule has 0 saturated heterocycles. The highest BCUT2D eigenvalue weighted by Gasteiger charge is 2.32. The maximum absolute atomic E-state index is 11.7. The molecule has 1 aliphatic carbocycles. The van der Waals surface area contributed by atoms with Crippen molar-refractivity contribution in [1.82, 2.24) is 0 Å². The number of aliphatic carboxylic acids is 1. The van der Waals surface area contributed by atoms with Gasteiger partial charge in [-0.25, -0.2) is 4.79 Å². The Morgan fingerprint density at radius 1 is 1.15 bits per heavy atom. The van der Waals surface area contributed by atoms with Gasteiger partial charge in [-0.1, -0.05) is 38.1 Å². The summed E-state index contributed by atoms with van der Waals surface area (Å²) >= 11 is 1.34. The van der Waals surface area contributed by atoms with Crippen molar-refractivity contribution in [3.63, 3.8) is 0 Å². The van der Waals surface area contributed by atoms with Crippen molar-refractivity contribution < 1.29 is 24.7 Å². The monoisotopic (exact) mass is 465 g/mol. The van der Waals surface area contributed by atoms with Crippen LogP contribution in [0.5, 0.6) is 11.5 Å². The smallest absolute Gasteiger partial charge is 0.327 e. The predicted octanol–water partition coefficient (Wildman–Crippen LogP) is 6.03. The number of benzene rings is 2. The molecule has 0 saturated carbocycles. The van der Waals surface area contributed by atoms with Crippen molar-refractivity contribution in [2.24, 2.45) is 17.8 Å². The van der Waals surface area contributed by atoms with Crippen LogP contribution in [-0.2, 0) is 4.79 Å². The van der Waals surface area contributed by atoms with Crippen molar-refractivity contribution >= 4 is 33.1 Å². The van der Waals surface area contributed by atoms with E-state index in [4.69, 9.17) is 9.84 Å². The van der Waals surface area contributed by atoms with Crippen LogP contribution in [0.3, 0.4) is 0 Å². The van der Waals surface area contributed by atoms with Crippen LogP contribution < -0.4 is 4.74 Å². The second kappa shape index (κ2) is 9.07. The third kappa shape index (κ3) is 4.47. The van der Waals surface area contributed by atoms with E-state index in [1.165, 1.54) is 17.4 Å². The molecule has 3 aromatic rings. The molecule has 1 heterocycles. The van der Waals surface area contributed by atoms with Gasteiger partial charge >= 0.3 is 5.97 Å². The molecule has 4 unspecified atom stereocenters. The number of nitro groups is 1. The molecule has 0 aliphatic heterocycles. The molecular formula is C25H23NO6S. The molecule has 170 valence electrons. The Kier molecular flexibility index (Phi) is 6.20. The Bertz CT molecular complexity index is 1280. The Morgan fingerprint density at radius 3 is 2.64 bits per heavy atom. The first kappa shape index (κ1) is 22.5. The molecule has 2 N–H and O–H groups in total. The van der Waals surface area contributed by atoms with E-state index >= 15 is 0 Å². The number of nitrogens with zero attached hydrogens (tertiary/aromatic N) is 1. The van der Waals surface area contributed by atoms with E-state index in [0.717, 1.165) is 16.2 Å². The summed E-state index contributed by atoms with van der Waals surface area (Å²) in [5, 5.41) is 31.3. The third-order valence-corrected chi connectivity index (χ3v) is 7.33. The maximum Gasteiger partial charge on any atom is 0.327 e. The summed E-state index contributed by atoms with van der Waals surface area (Å²) in [5.41, 5.74) is 0.443. The first-order chi connectivity index (χ1) is 15.8. The van der Waals surface area contributed by atoms with E-state index in [1.54, 1.807) is 42.5 Å².